The molecule has 0 bridgehead atoms. The number of pyridine rings is 1. The molecule has 0 spiro atoms. The highest BCUT2D eigenvalue weighted by atomic mass is 16.4. The van der Waals surface area contributed by atoms with E-state index in [-0.39, 0.29) is 17.7 Å². The van der Waals surface area contributed by atoms with E-state index >= 15 is 0 Å². The topological polar surface area (TPSA) is 103 Å². The van der Waals surface area contributed by atoms with Crippen molar-refractivity contribution < 1.29 is 19.6 Å². The van der Waals surface area contributed by atoms with Crippen molar-refractivity contribution in [2.45, 2.75) is 32.0 Å². The fourth-order valence-corrected chi connectivity index (χ4v) is 3.47. The second-order valence-corrected chi connectivity index (χ2v) is 6.55. The van der Waals surface area contributed by atoms with Crippen LogP contribution in [0.15, 0.2) is 12.3 Å². The number of likely N-dealkylation sites (tertiary alicyclic amines) is 1. The SMILES string of the molecule is CC(=O)Nc1cnc(C)c(C(=O)N2CCC3(B(O)O)CC3C2)c1. The van der Waals surface area contributed by atoms with Crippen LogP contribution in [0.4, 0.5) is 5.69 Å². The van der Waals surface area contributed by atoms with Gasteiger partial charge >= 0.3 is 7.12 Å². The van der Waals surface area contributed by atoms with Crippen molar-refractivity contribution in [3.63, 3.8) is 0 Å². The molecular formula is C15H20BN3O4. The van der Waals surface area contributed by atoms with Gasteiger partial charge in [-0.25, -0.2) is 0 Å². The summed E-state index contributed by atoms with van der Waals surface area (Å²) in [5.41, 5.74) is 1.57. The Kier molecular flexibility index (Phi) is 3.89. The number of nitrogens with zero attached hydrogens (tertiary/aromatic N) is 2. The van der Waals surface area contributed by atoms with E-state index in [4.69, 9.17) is 0 Å². The van der Waals surface area contributed by atoms with Gasteiger partial charge in [0.05, 0.1) is 23.1 Å². The van der Waals surface area contributed by atoms with Gasteiger partial charge in [-0.15, -0.1) is 0 Å². The van der Waals surface area contributed by atoms with Crippen molar-refractivity contribution in [3.8, 4) is 0 Å². The van der Waals surface area contributed by atoms with E-state index in [1.807, 2.05) is 0 Å². The largest absolute Gasteiger partial charge is 0.458 e. The van der Waals surface area contributed by atoms with Crippen LogP contribution in [0, 0.1) is 12.8 Å². The van der Waals surface area contributed by atoms with E-state index in [0.717, 1.165) is 6.42 Å². The summed E-state index contributed by atoms with van der Waals surface area (Å²) in [6.07, 6.45) is 2.87. The number of amides is 2. The lowest BCUT2D eigenvalue weighted by Gasteiger charge is -2.31. The Morgan fingerprint density at radius 3 is 2.83 bits per heavy atom. The number of carbonyl (C=O) groups excluding carboxylic acids is 2. The van der Waals surface area contributed by atoms with Crippen LogP contribution < -0.4 is 5.32 Å². The predicted octanol–water partition coefficient (Wildman–Crippen LogP) is 0.427. The van der Waals surface area contributed by atoms with Crippen LogP contribution in [0.2, 0.25) is 5.31 Å². The number of nitrogens with one attached hydrogen (secondary N) is 1. The molecule has 2 heterocycles. The third-order valence-corrected chi connectivity index (χ3v) is 5.01. The number of hydrogen-bond donors (Lipinski definition) is 3. The molecule has 2 atom stereocenters. The first-order valence-electron chi connectivity index (χ1n) is 7.73. The highest BCUT2D eigenvalue weighted by Crippen LogP contribution is 2.65. The zero-order valence-electron chi connectivity index (χ0n) is 13.2. The average molecular weight is 317 g/mol. The van der Waals surface area contributed by atoms with Crippen molar-refractivity contribution in [1.29, 1.82) is 0 Å². The summed E-state index contributed by atoms with van der Waals surface area (Å²) in [5, 5.41) is 21.2. The number of hydrogen-bond acceptors (Lipinski definition) is 5. The molecule has 23 heavy (non-hydrogen) atoms. The minimum Gasteiger partial charge on any atom is -0.427 e. The lowest BCUT2D eigenvalue weighted by Crippen LogP contribution is -2.41. The second kappa shape index (κ2) is 5.61. The molecule has 1 aromatic rings. The molecule has 2 aliphatic rings. The van der Waals surface area contributed by atoms with Crippen molar-refractivity contribution in [3.05, 3.63) is 23.5 Å². The monoisotopic (exact) mass is 317 g/mol. The van der Waals surface area contributed by atoms with Gasteiger partial charge in [-0.05, 0) is 31.7 Å². The number of fused-ring (bicyclic) bond motifs is 1. The average Bonchev–Trinajstić information content (AvgIpc) is 3.23. The summed E-state index contributed by atoms with van der Waals surface area (Å²) in [5.74, 6) is -0.200. The number of rotatable bonds is 3. The van der Waals surface area contributed by atoms with Crippen molar-refractivity contribution in [2.75, 3.05) is 18.4 Å². The molecule has 0 aromatic carbocycles. The third kappa shape index (κ3) is 2.84. The maximum atomic E-state index is 12.7. The minimum atomic E-state index is -1.31. The zero-order valence-corrected chi connectivity index (χ0v) is 13.2. The van der Waals surface area contributed by atoms with Gasteiger partial charge in [-0.2, -0.15) is 0 Å². The number of aryl methyl sites for hydroxylation is 1. The van der Waals surface area contributed by atoms with E-state index in [0.29, 0.717) is 36.5 Å². The summed E-state index contributed by atoms with van der Waals surface area (Å²) in [7, 11) is -1.31. The smallest absolute Gasteiger partial charge is 0.427 e. The molecule has 2 amide bonds. The Bertz CT molecular complexity index is 666. The lowest BCUT2D eigenvalue weighted by atomic mass is 9.64. The molecule has 8 heteroatoms. The molecule has 2 fully saturated rings. The van der Waals surface area contributed by atoms with Crippen molar-refractivity contribution >= 4 is 24.6 Å². The van der Waals surface area contributed by atoms with Crippen LogP contribution >= 0.6 is 0 Å². The number of piperidine rings is 1. The summed E-state index contributed by atoms with van der Waals surface area (Å²) >= 11 is 0. The van der Waals surface area contributed by atoms with E-state index in [2.05, 4.69) is 10.3 Å². The molecule has 1 aliphatic carbocycles. The molecule has 1 saturated carbocycles. The van der Waals surface area contributed by atoms with E-state index in [1.165, 1.54) is 13.1 Å². The van der Waals surface area contributed by atoms with Gasteiger partial charge in [0, 0.05) is 25.3 Å². The fourth-order valence-electron chi connectivity index (χ4n) is 3.47. The van der Waals surface area contributed by atoms with Gasteiger partial charge in [0.15, 0.2) is 0 Å². The molecule has 0 radical (unpaired) electrons. The van der Waals surface area contributed by atoms with Crippen LogP contribution in [-0.4, -0.2) is 52.0 Å². The summed E-state index contributed by atoms with van der Waals surface area (Å²) in [4.78, 5) is 29.8. The summed E-state index contributed by atoms with van der Waals surface area (Å²) < 4.78 is 0. The molecule has 3 N–H and O–H groups in total. The quantitative estimate of drug-likeness (QED) is 0.702. The van der Waals surface area contributed by atoms with Crippen LogP contribution in [0.1, 0.15) is 35.8 Å². The summed E-state index contributed by atoms with van der Waals surface area (Å²) in [6.45, 7) is 4.18. The van der Waals surface area contributed by atoms with Crippen molar-refractivity contribution in [1.82, 2.24) is 9.88 Å². The molecule has 7 nitrogen and oxygen atoms in total. The van der Waals surface area contributed by atoms with Crippen LogP contribution in [-0.2, 0) is 4.79 Å². The molecule has 3 rings (SSSR count). The van der Waals surface area contributed by atoms with Gasteiger partial charge in [0.1, 0.15) is 0 Å². The normalized spacial score (nSPS) is 25.6. The van der Waals surface area contributed by atoms with Crippen LogP contribution in [0.5, 0.6) is 0 Å². The Morgan fingerprint density at radius 1 is 1.48 bits per heavy atom. The van der Waals surface area contributed by atoms with Crippen molar-refractivity contribution in [2.24, 2.45) is 5.92 Å². The predicted molar refractivity (Wildman–Crippen MR) is 84.8 cm³/mol. The summed E-state index contributed by atoms with van der Waals surface area (Å²) in [6, 6.07) is 1.64. The maximum Gasteiger partial charge on any atom is 0.458 e. The fraction of sp³-hybridized carbons (Fsp3) is 0.533. The zero-order chi connectivity index (χ0) is 16.8. The van der Waals surface area contributed by atoms with Gasteiger partial charge < -0.3 is 20.3 Å². The highest BCUT2D eigenvalue weighted by Gasteiger charge is 2.63. The first kappa shape index (κ1) is 16.0. The lowest BCUT2D eigenvalue weighted by molar-refractivity contribution is -0.114. The first-order valence-corrected chi connectivity index (χ1v) is 7.73. The highest BCUT2D eigenvalue weighted by molar-refractivity contribution is 6.47. The van der Waals surface area contributed by atoms with Gasteiger partial charge in [0.2, 0.25) is 5.91 Å². The maximum absolute atomic E-state index is 12.7. The van der Waals surface area contributed by atoms with E-state index in [9.17, 15) is 19.6 Å². The second-order valence-electron chi connectivity index (χ2n) is 6.55. The molecule has 1 aromatic heterocycles. The molecular weight excluding hydrogens is 297 g/mol. The Morgan fingerprint density at radius 2 is 2.22 bits per heavy atom. The minimum absolute atomic E-state index is 0.130. The van der Waals surface area contributed by atoms with Gasteiger partial charge in [-0.3, -0.25) is 14.6 Å². The molecule has 1 saturated heterocycles. The Hall–Kier alpha value is -1.93. The standard InChI is InChI=1S/C15H20BN3O4/c1-9-13(5-12(7-17-9)18-10(2)20)14(21)19-4-3-15(16(22)23)6-11(15)8-19/h5,7,11,22-23H,3-4,6,8H2,1-2H3,(H,18,20). The Labute approximate surface area is 134 Å². The van der Waals surface area contributed by atoms with Gasteiger partial charge in [-0.1, -0.05) is 0 Å². The third-order valence-electron chi connectivity index (χ3n) is 5.01. The number of anilines is 1. The van der Waals surface area contributed by atoms with Crippen LogP contribution in [0.25, 0.3) is 0 Å². The number of carbonyl (C=O) groups is 2. The first-order chi connectivity index (χ1) is 10.8. The van der Waals surface area contributed by atoms with Crippen LogP contribution in [0.3, 0.4) is 0 Å². The molecule has 122 valence electrons. The van der Waals surface area contributed by atoms with E-state index in [1.54, 1.807) is 17.9 Å². The molecule has 1 aliphatic heterocycles. The van der Waals surface area contributed by atoms with Gasteiger partial charge in [0.25, 0.3) is 5.91 Å². The Balaban J connectivity index is 1.75. The molecule has 2 unspecified atom stereocenters. The van der Waals surface area contributed by atoms with E-state index < -0.39 is 12.4 Å². The number of aromatic nitrogens is 1.